The molecule has 0 aromatic heterocycles. The molecule has 0 fully saturated rings. The number of amides is 1. The number of nitrogens with zero attached hydrogens (tertiary/aromatic N) is 1. The van der Waals surface area contributed by atoms with Crippen molar-refractivity contribution in [1.82, 2.24) is 5.32 Å². The molecule has 9 heteroatoms. The summed E-state index contributed by atoms with van der Waals surface area (Å²) in [7, 11) is 1.25. The highest BCUT2D eigenvalue weighted by Gasteiger charge is 2.23. The number of carbonyl (C=O) groups is 1. The Morgan fingerprint density at radius 3 is 0.976 bits per heavy atom. The lowest BCUT2D eigenvalue weighted by atomic mass is 10.0. The van der Waals surface area contributed by atoms with Gasteiger partial charge in [0.05, 0.1) is 39.9 Å². The van der Waals surface area contributed by atoms with Crippen LogP contribution in [0.15, 0.2) is 36.5 Å². The van der Waals surface area contributed by atoms with Gasteiger partial charge in [-0.1, -0.05) is 365 Å². The van der Waals surface area contributed by atoms with Crippen LogP contribution < -0.4 is 10.2 Å². The first-order valence-electron chi connectivity index (χ1n) is 36.9. The molecule has 3 unspecified atom stereocenters. The minimum absolute atomic E-state index is 0.00703. The Bertz CT molecular complexity index is 1450. The van der Waals surface area contributed by atoms with Crippen LogP contribution in [-0.2, 0) is 18.4 Å². The molecule has 492 valence electrons. The molecule has 0 radical (unpaired) electrons. The number of quaternary nitrogens is 1. The zero-order chi connectivity index (χ0) is 60.5. The van der Waals surface area contributed by atoms with Gasteiger partial charge in [-0.3, -0.25) is 9.36 Å². The molecule has 0 aliphatic carbocycles. The average molecular weight is 1190 g/mol. The molecule has 0 saturated heterocycles. The molecule has 83 heavy (non-hydrogen) atoms. The van der Waals surface area contributed by atoms with E-state index in [0.717, 1.165) is 44.9 Å². The Kier molecular flexibility index (Phi) is 64.2. The number of rotatable bonds is 69. The number of aliphatic hydroxyl groups excluding tert-OH is 1. The van der Waals surface area contributed by atoms with Crippen LogP contribution in [0.1, 0.15) is 380 Å². The lowest BCUT2D eigenvalue weighted by Crippen LogP contribution is -2.45. The topological polar surface area (TPSA) is 108 Å². The van der Waals surface area contributed by atoms with Gasteiger partial charge in [0.1, 0.15) is 13.2 Å². The normalized spacial score (nSPS) is 13.8. The van der Waals surface area contributed by atoms with E-state index >= 15 is 0 Å². The summed E-state index contributed by atoms with van der Waals surface area (Å²) in [5.41, 5.74) is 0. The second-order valence-electron chi connectivity index (χ2n) is 26.6. The molecule has 0 bridgehead atoms. The molecule has 8 nitrogen and oxygen atoms in total. The molecule has 0 aromatic rings. The maximum Gasteiger partial charge on any atom is 0.268 e. The smallest absolute Gasteiger partial charge is 0.268 e. The van der Waals surface area contributed by atoms with Crippen LogP contribution in [0, 0.1) is 0 Å². The monoisotopic (exact) mass is 1190 g/mol. The lowest BCUT2D eigenvalue weighted by molar-refractivity contribution is -0.870. The number of nitrogens with one attached hydrogen (secondary N) is 1. The Morgan fingerprint density at radius 2 is 0.675 bits per heavy atom. The molecule has 0 aromatic carbocycles. The van der Waals surface area contributed by atoms with Crippen molar-refractivity contribution in [2.45, 2.75) is 392 Å². The fourth-order valence-corrected chi connectivity index (χ4v) is 12.1. The number of hydrogen-bond donors (Lipinski definition) is 2. The van der Waals surface area contributed by atoms with E-state index in [-0.39, 0.29) is 12.5 Å². The van der Waals surface area contributed by atoms with Gasteiger partial charge < -0.3 is 28.8 Å². The van der Waals surface area contributed by atoms with E-state index in [1.54, 1.807) is 6.08 Å². The SMILES string of the molecule is CCCCCCCCCCCCCCCCCCC/C=C/CC/C=C/CC/C=C/C(O)C(COP(=O)([O-])OCC[N+](C)(C)C)NC(=O)CCCCCCCCCCCCCCCCCCCCCCCCCCCCCCCCCCCC. The summed E-state index contributed by atoms with van der Waals surface area (Å²) in [4.78, 5) is 25.6. The summed E-state index contributed by atoms with van der Waals surface area (Å²) in [5.74, 6) is -0.203. The molecule has 0 aliphatic heterocycles. The Morgan fingerprint density at radius 1 is 0.410 bits per heavy atom. The van der Waals surface area contributed by atoms with E-state index < -0.39 is 26.6 Å². The Hall–Kier alpha value is -1.28. The van der Waals surface area contributed by atoms with E-state index in [2.05, 4.69) is 43.5 Å². The third-order valence-electron chi connectivity index (χ3n) is 17.1. The molecular formula is C74H145N2O6P. The summed E-state index contributed by atoms with van der Waals surface area (Å²) >= 11 is 0. The van der Waals surface area contributed by atoms with E-state index in [1.807, 2.05) is 27.2 Å². The maximum absolute atomic E-state index is 13.0. The molecule has 0 aliphatic rings. The fraction of sp³-hybridized carbons (Fsp3) is 0.905. The lowest BCUT2D eigenvalue weighted by Gasteiger charge is -2.29. The first kappa shape index (κ1) is 81.7. The summed E-state index contributed by atoms with van der Waals surface area (Å²) < 4.78 is 23.4. The van der Waals surface area contributed by atoms with Crippen LogP contribution in [-0.4, -0.2) is 68.5 Å². The second-order valence-corrected chi connectivity index (χ2v) is 28.1. The molecule has 0 heterocycles. The van der Waals surface area contributed by atoms with Gasteiger partial charge in [-0.2, -0.15) is 0 Å². The van der Waals surface area contributed by atoms with E-state index in [1.165, 1.54) is 315 Å². The van der Waals surface area contributed by atoms with Gasteiger partial charge in [-0.05, 0) is 44.9 Å². The van der Waals surface area contributed by atoms with Crippen molar-refractivity contribution in [2.24, 2.45) is 0 Å². The quantitative estimate of drug-likeness (QED) is 0.0272. The van der Waals surface area contributed by atoms with Gasteiger partial charge in [0, 0.05) is 6.42 Å². The number of unbranched alkanes of at least 4 members (excludes halogenated alkanes) is 52. The zero-order valence-corrected chi connectivity index (χ0v) is 57.3. The van der Waals surface area contributed by atoms with Gasteiger partial charge in [-0.15, -0.1) is 0 Å². The van der Waals surface area contributed by atoms with Crippen LogP contribution in [0.3, 0.4) is 0 Å². The van der Waals surface area contributed by atoms with Crippen LogP contribution in [0.2, 0.25) is 0 Å². The Labute approximate surface area is 518 Å². The minimum atomic E-state index is -4.62. The number of phosphoric ester groups is 1. The average Bonchev–Trinajstić information content (AvgIpc) is 3.49. The Balaban J connectivity index is 4.04. The number of phosphoric acid groups is 1. The van der Waals surface area contributed by atoms with Gasteiger partial charge in [0.2, 0.25) is 5.91 Å². The van der Waals surface area contributed by atoms with Crippen molar-refractivity contribution >= 4 is 13.7 Å². The standard InChI is InChI=1S/C74H145N2O6P/c1-6-8-10-12-14-16-18-20-22-24-26-28-30-32-34-35-36-37-38-39-40-42-44-46-48-50-52-54-56-58-60-62-64-66-68-74(78)75-72(71-82-83(79,80)81-70-69-76(3,4)5)73(77)67-65-63-61-59-57-55-53-51-49-47-45-43-41-33-31-29-27-25-23-21-19-17-15-13-11-9-7-2/h49,51,57,59,65,67,72-73,77H,6-48,50,52-56,58,60-64,66,68-71H2,1-5H3,(H-,75,78,79,80)/b51-49+,59-57+,67-65+. The summed E-state index contributed by atoms with van der Waals surface area (Å²) in [6, 6.07) is -0.910. The molecule has 0 spiro atoms. The number of allylic oxidation sites excluding steroid dienone is 5. The predicted molar refractivity (Wildman–Crippen MR) is 362 cm³/mol. The first-order valence-corrected chi connectivity index (χ1v) is 38.3. The van der Waals surface area contributed by atoms with Crippen molar-refractivity contribution < 1.29 is 32.9 Å². The van der Waals surface area contributed by atoms with Gasteiger partial charge >= 0.3 is 0 Å². The van der Waals surface area contributed by atoms with E-state index in [4.69, 9.17) is 9.05 Å². The van der Waals surface area contributed by atoms with Crippen LogP contribution in [0.25, 0.3) is 0 Å². The summed E-state index contributed by atoms with van der Waals surface area (Å²) in [6.07, 6.45) is 87.3. The van der Waals surface area contributed by atoms with Crippen molar-refractivity contribution in [3.05, 3.63) is 36.5 Å². The van der Waals surface area contributed by atoms with Crippen molar-refractivity contribution in [3.8, 4) is 0 Å². The van der Waals surface area contributed by atoms with Gasteiger partial charge in [-0.25, -0.2) is 0 Å². The largest absolute Gasteiger partial charge is 0.756 e. The van der Waals surface area contributed by atoms with Crippen molar-refractivity contribution in [2.75, 3.05) is 40.9 Å². The molecule has 0 rings (SSSR count). The zero-order valence-electron chi connectivity index (χ0n) is 56.4. The number of likely N-dealkylation sites (N-methyl/N-ethyl adjacent to an activating group) is 1. The fourth-order valence-electron chi connectivity index (χ4n) is 11.4. The van der Waals surface area contributed by atoms with Crippen molar-refractivity contribution in [3.63, 3.8) is 0 Å². The van der Waals surface area contributed by atoms with Crippen molar-refractivity contribution in [1.29, 1.82) is 0 Å². The van der Waals surface area contributed by atoms with Crippen LogP contribution in [0.4, 0.5) is 0 Å². The third kappa shape index (κ3) is 68.1. The number of aliphatic hydroxyl groups is 1. The molecule has 2 N–H and O–H groups in total. The van der Waals surface area contributed by atoms with E-state index in [9.17, 15) is 19.4 Å². The van der Waals surface area contributed by atoms with Gasteiger partial charge in [0.25, 0.3) is 7.82 Å². The third-order valence-corrected chi connectivity index (χ3v) is 18.0. The highest BCUT2D eigenvalue weighted by atomic mass is 31.2. The molecular weight excluding hydrogens is 1040 g/mol. The second kappa shape index (κ2) is 65.2. The number of hydrogen-bond acceptors (Lipinski definition) is 6. The first-order chi connectivity index (χ1) is 40.5. The van der Waals surface area contributed by atoms with Crippen LogP contribution in [0.5, 0.6) is 0 Å². The molecule has 1 amide bonds. The van der Waals surface area contributed by atoms with E-state index in [0.29, 0.717) is 17.4 Å². The molecule has 0 saturated carbocycles. The predicted octanol–water partition coefficient (Wildman–Crippen LogP) is 23.0. The number of carbonyl (C=O) groups excluding carboxylic acids is 1. The van der Waals surface area contributed by atoms with Crippen LogP contribution >= 0.6 is 7.82 Å². The maximum atomic E-state index is 13.0. The summed E-state index contributed by atoms with van der Waals surface area (Å²) in [5, 5.41) is 13.9. The molecule has 3 atom stereocenters. The van der Waals surface area contributed by atoms with Gasteiger partial charge in [0.15, 0.2) is 0 Å². The summed E-state index contributed by atoms with van der Waals surface area (Å²) in [6.45, 7) is 4.69. The highest BCUT2D eigenvalue weighted by molar-refractivity contribution is 7.45. The minimum Gasteiger partial charge on any atom is -0.756 e. The highest BCUT2D eigenvalue weighted by Crippen LogP contribution is 2.38.